The molecule has 4 heteroatoms. The van der Waals surface area contributed by atoms with Crippen molar-refractivity contribution in [2.24, 2.45) is 0 Å². The lowest BCUT2D eigenvalue weighted by Gasteiger charge is -1.94. The average Bonchev–Trinajstić information content (AvgIpc) is 2.47. The maximum atomic E-state index is 11.0. The smallest absolute Gasteiger partial charge is 0.135 e. The van der Waals surface area contributed by atoms with Crippen molar-refractivity contribution in [2.45, 2.75) is 13.3 Å². The molecule has 2 nitrogen and oxygen atoms in total. The summed E-state index contributed by atoms with van der Waals surface area (Å²) in [6.45, 7) is 1.60. The molecule has 2 aromatic rings. The second kappa shape index (κ2) is 3.79. The number of rotatable bonds is 2. The molecule has 0 unspecified atom stereocenters. The molecule has 0 saturated heterocycles. The van der Waals surface area contributed by atoms with Crippen molar-refractivity contribution in [2.75, 3.05) is 0 Å². The van der Waals surface area contributed by atoms with Gasteiger partial charge in [-0.25, -0.2) is 0 Å². The fraction of sp³-hybridized carbons (Fsp3) is 0.200. The molecule has 0 spiro atoms. The molecule has 0 atom stereocenters. The lowest BCUT2D eigenvalue weighted by Crippen LogP contribution is -1.93. The quantitative estimate of drug-likeness (QED) is 0.838. The van der Waals surface area contributed by atoms with Crippen LogP contribution in [0.2, 0.25) is 0 Å². The molecular weight excluding hydrogens is 262 g/mol. The molecule has 0 N–H and O–H groups in total. The van der Waals surface area contributed by atoms with Gasteiger partial charge in [0.1, 0.15) is 5.78 Å². The first kappa shape index (κ1) is 9.80. The predicted octanol–water partition coefficient (Wildman–Crippen LogP) is 3.19. The third-order valence-corrected chi connectivity index (χ3v) is 3.29. The van der Waals surface area contributed by atoms with Crippen LogP contribution in [-0.4, -0.2) is 10.2 Å². The Morgan fingerprint density at radius 2 is 2.36 bits per heavy atom. The molecule has 0 fully saturated rings. The van der Waals surface area contributed by atoms with E-state index in [0.717, 1.165) is 20.3 Å². The van der Waals surface area contributed by atoms with Gasteiger partial charge >= 0.3 is 0 Å². The van der Waals surface area contributed by atoms with Gasteiger partial charge in [0.2, 0.25) is 0 Å². The van der Waals surface area contributed by atoms with Crippen LogP contribution >= 0.6 is 27.5 Å². The zero-order chi connectivity index (χ0) is 10.1. The van der Waals surface area contributed by atoms with Crippen LogP contribution in [0.15, 0.2) is 22.7 Å². The first-order valence-electron chi connectivity index (χ1n) is 4.20. The second-order valence-corrected chi connectivity index (χ2v) is 4.92. The number of nitrogens with zero attached hydrogens (tertiary/aromatic N) is 1. The minimum atomic E-state index is 0.176. The van der Waals surface area contributed by atoms with Crippen LogP contribution in [-0.2, 0) is 11.2 Å². The van der Waals surface area contributed by atoms with Crippen molar-refractivity contribution in [1.29, 1.82) is 0 Å². The van der Waals surface area contributed by atoms with E-state index in [0.29, 0.717) is 6.42 Å². The number of halogens is 1. The van der Waals surface area contributed by atoms with Crippen molar-refractivity contribution in [3.8, 4) is 0 Å². The number of Topliss-reactive ketones (excluding diaryl/α,β-unsaturated/α-hetero) is 1. The number of hydrogen-bond donors (Lipinski definition) is 0. The van der Waals surface area contributed by atoms with Gasteiger partial charge in [-0.3, -0.25) is 4.79 Å². The Morgan fingerprint density at radius 1 is 1.57 bits per heavy atom. The van der Waals surface area contributed by atoms with Gasteiger partial charge in [-0.05, 0) is 36.7 Å². The van der Waals surface area contributed by atoms with Crippen LogP contribution in [0.5, 0.6) is 0 Å². The third kappa shape index (κ3) is 1.86. The molecule has 0 amide bonds. The molecule has 0 radical (unpaired) electrons. The highest BCUT2D eigenvalue weighted by Crippen LogP contribution is 2.26. The van der Waals surface area contributed by atoms with Crippen LogP contribution < -0.4 is 0 Å². The van der Waals surface area contributed by atoms with E-state index in [2.05, 4.69) is 20.3 Å². The van der Waals surface area contributed by atoms with E-state index in [1.54, 1.807) is 6.92 Å². The van der Waals surface area contributed by atoms with E-state index >= 15 is 0 Å². The Labute approximate surface area is 94.2 Å². The van der Waals surface area contributed by atoms with Gasteiger partial charge in [-0.2, -0.15) is 4.37 Å². The number of benzene rings is 1. The monoisotopic (exact) mass is 269 g/mol. The Hall–Kier alpha value is -0.740. The minimum Gasteiger partial charge on any atom is -0.300 e. The number of hydrogen-bond acceptors (Lipinski definition) is 3. The topological polar surface area (TPSA) is 30.0 Å². The molecular formula is C10H8BrNOS. The summed E-state index contributed by atoms with van der Waals surface area (Å²) in [6.07, 6.45) is 0.484. The molecule has 0 aliphatic rings. The molecule has 0 aliphatic heterocycles. The van der Waals surface area contributed by atoms with E-state index in [-0.39, 0.29) is 5.78 Å². The highest BCUT2D eigenvalue weighted by Gasteiger charge is 2.07. The van der Waals surface area contributed by atoms with Gasteiger partial charge < -0.3 is 0 Å². The summed E-state index contributed by atoms with van der Waals surface area (Å²) in [5, 5.41) is 1.08. The maximum Gasteiger partial charge on any atom is 0.135 e. The van der Waals surface area contributed by atoms with Gasteiger partial charge in [0.25, 0.3) is 0 Å². The summed E-state index contributed by atoms with van der Waals surface area (Å²) in [6, 6.07) is 5.93. The van der Waals surface area contributed by atoms with Crippen LogP contribution in [0.25, 0.3) is 10.9 Å². The Kier molecular flexibility index (Phi) is 2.65. The molecule has 0 saturated carbocycles. The van der Waals surface area contributed by atoms with Crippen LogP contribution in [0.3, 0.4) is 0 Å². The average molecular weight is 270 g/mol. The van der Waals surface area contributed by atoms with Gasteiger partial charge in [-0.15, -0.1) is 0 Å². The van der Waals surface area contributed by atoms with E-state index < -0.39 is 0 Å². The number of fused-ring (bicyclic) bond motifs is 1. The summed E-state index contributed by atoms with van der Waals surface area (Å²) in [5.41, 5.74) is 0.967. The Balaban J connectivity index is 2.55. The molecule has 1 aromatic carbocycles. The predicted molar refractivity (Wildman–Crippen MR) is 61.7 cm³/mol. The zero-order valence-electron chi connectivity index (χ0n) is 7.58. The molecule has 0 aliphatic carbocycles. The summed E-state index contributed by atoms with van der Waals surface area (Å²) < 4.78 is 5.30. The minimum absolute atomic E-state index is 0.176. The van der Waals surface area contributed by atoms with Gasteiger partial charge in [0.15, 0.2) is 0 Å². The fourth-order valence-electron chi connectivity index (χ4n) is 1.32. The summed E-state index contributed by atoms with van der Waals surface area (Å²) in [7, 11) is 0. The van der Waals surface area contributed by atoms with Crippen molar-refractivity contribution in [3.63, 3.8) is 0 Å². The van der Waals surface area contributed by atoms with Crippen molar-refractivity contribution >= 4 is 44.1 Å². The van der Waals surface area contributed by atoms with Crippen LogP contribution in [0, 0.1) is 0 Å². The number of aromatic nitrogens is 1. The van der Waals surface area contributed by atoms with E-state index in [9.17, 15) is 4.79 Å². The van der Waals surface area contributed by atoms with Gasteiger partial charge in [-0.1, -0.05) is 15.9 Å². The SMILES string of the molecule is CC(=O)Cc1snc2ccc(Br)cc12. The summed E-state index contributed by atoms with van der Waals surface area (Å²) >= 11 is 4.82. The zero-order valence-corrected chi connectivity index (χ0v) is 9.98. The molecule has 2 rings (SSSR count). The second-order valence-electron chi connectivity index (χ2n) is 3.15. The summed E-state index contributed by atoms with van der Waals surface area (Å²) in [4.78, 5) is 12.1. The molecule has 72 valence electrons. The summed E-state index contributed by atoms with van der Waals surface area (Å²) in [5.74, 6) is 0.176. The maximum absolute atomic E-state index is 11.0. The molecule has 1 heterocycles. The lowest BCUT2D eigenvalue weighted by atomic mass is 10.1. The number of carbonyl (C=O) groups is 1. The fourth-order valence-corrected chi connectivity index (χ4v) is 2.58. The van der Waals surface area contributed by atoms with Crippen molar-refractivity contribution in [1.82, 2.24) is 4.37 Å². The van der Waals surface area contributed by atoms with Gasteiger partial charge in [0.05, 0.1) is 5.52 Å². The van der Waals surface area contributed by atoms with Crippen molar-refractivity contribution < 1.29 is 4.79 Å². The molecule has 14 heavy (non-hydrogen) atoms. The number of carbonyl (C=O) groups excluding carboxylic acids is 1. The largest absolute Gasteiger partial charge is 0.300 e. The van der Waals surface area contributed by atoms with Crippen LogP contribution in [0.4, 0.5) is 0 Å². The first-order valence-corrected chi connectivity index (χ1v) is 5.76. The number of ketones is 1. The van der Waals surface area contributed by atoms with Crippen molar-refractivity contribution in [3.05, 3.63) is 27.5 Å². The van der Waals surface area contributed by atoms with E-state index in [1.165, 1.54) is 11.5 Å². The van der Waals surface area contributed by atoms with Gasteiger partial charge in [0, 0.05) is 21.2 Å². The third-order valence-electron chi connectivity index (χ3n) is 1.92. The highest BCUT2D eigenvalue weighted by atomic mass is 79.9. The Bertz CT molecular complexity index is 492. The van der Waals surface area contributed by atoms with Crippen LogP contribution in [0.1, 0.15) is 11.8 Å². The molecule has 1 aromatic heterocycles. The standard InChI is InChI=1S/C10H8BrNOS/c1-6(13)4-10-8-5-7(11)2-3-9(8)12-14-10/h2-3,5H,4H2,1H3. The van der Waals surface area contributed by atoms with E-state index in [4.69, 9.17) is 0 Å². The van der Waals surface area contributed by atoms with E-state index in [1.807, 2.05) is 18.2 Å². The highest BCUT2D eigenvalue weighted by molar-refractivity contribution is 9.10. The first-order chi connectivity index (χ1) is 6.66. The Morgan fingerprint density at radius 3 is 3.07 bits per heavy atom. The molecule has 0 bridgehead atoms. The normalized spacial score (nSPS) is 10.7. The lowest BCUT2D eigenvalue weighted by molar-refractivity contribution is -0.116.